The van der Waals surface area contributed by atoms with Gasteiger partial charge in [0.25, 0.3) is 5.91 Å². The Labute approximate surface area is 126 Å². The van der Waals surface area contributed by atoms with Crippen LogP contribution in [0.1, 0.15) is 38.2 Å². The number of carbonyl (C=O) groups is 2. The van der Waals surface area contributed by atoms with E-state index in [9.17, 15) is 9.59 Å². The predicted octanol–water partition coefficient (Wildman–Crippen LogP) is 2.60. The van der Waals surface area contributed by atoms with Gasteiger partial charge in [-0.1, -0.05) is 12.1 Å². The Balaban J connectivity index is 1.77. The molecule has 0 atom stereocenters. The number of ether oxygens (including phenoxy) is 1. The highest BCUT2D eigenvalue weighted by Crippen LogP contribution is 2.14. The normalized spacial score (nSPS) is 14.8. The van der Waals surface area contributed by atoms with E-state index in [-0.39, 0.29) is 18.3 Å². The highest BCUT2D eigenvalue weighted by molar-refractivity contribution is 5.77. The van der Waals surface area contributed by atoms with Gasteiger partial charge in [-0.3, -0.25) is 4.79 Å². The minimum absolute atomic E-state index is 0.0651. The Morgan fingerprint density at radius 3 is 2.38 bits per heavy atom. The van der Waals surface area contributed by atoms with Crippen LogP contribution in [-0.2, 0) is 16.0 Å². The maximum atomic E-state index is 12.0. The number of hydrogen-bond donors (Lipinski definition) is 0. The summed E-state index contributed by atoms with van der Waals surface area (Å²) in [6.45, 7) is 3.41. The molecule has 1 heterocycles. The summed E-state index contributed by atoms with van der Waals surface area (Å²) in [5, 5.41) is 0. The smallest absolute Gasteiger partial charge is 0.260 e. The molecule has 0 aliphatic carbocycles. The molecule has 0 radical (unpaired) electrons. The Morgan fingerprint density at radius 2 is 1.76 bits per heavy atom. The topological polar surface area (TPSA) is 46.6 Å². The number of carbonyl (C=O) groups excluding carboxylic acids is 2. The fourth-order valence-corrected chi connectivity index (χ4v) is 2.45. The molecule has 0 spiro atoms. The van der Waals surface area contributed by atoms with Crippen LogP contribution in [0.15, 0.2) is 24.3 Å². The summed E-state index contributed by atoms with van der Waals surface area (Å²) in [5.41, 5.74) is 1.11. The molecule has 4 nitrogen and oxygen atoms in total. The third-order valence-corrected chi connectivity index (χ3v) is 3.76. The van der Waals surface area contributed by atoms with Gasteiger partial charge in [-0.25, -0.2) is 0 Å². The van der Waals surface area contributed by atoms with Crippen LogP contribution in [0.5, 0.6) is 5.75 Å². The van der Waals surface area contributed by atoms with E-state index < -0.39 is 0 Å². The second-order valence-corrected chi connectivity index (χ2v) is 5.58. The fourth-order valence-electron chi connectivity index (χ4n) is 2.45. The van der Waals surface area contributed by atoms with E-state index in [0.717, 1.165) is 37.9 Å². The first kappa shape index (κ1) is 15.5. The largest absolute Gasteiger partial charge is 0.484 e. The van der Waals surface area contributed by atoms with E-state index in [2.05, 4.69) is 0 Å². The molecule has 0 saturated carbocycles. The molecule has 1 saturated heterocycles. The van der Waals surface area contributed by atoms with E-state index >= 15 is 0 Å². The first-order valence-corrected chi connectivity index (χ1v) is 7.64. The zero-order chi connectivity index (χ0) is 15.1. The van der Waals surface area contributed by atoms with Crippen molar-refractivity contribution in [2.45, 2.75) is 39.0 Å². The number of amides is 1. The van der Waals surface area contributed by atoms with Crippen molar-refractivity contribution in [1.82, 2.24) is 4.90 Å². The number of likely N-dealkylation sites (tertiary alicyclic amines) is 1. The van der Waals surface area contributed by atoms with Crippen molar-refractivity contribution >= 4 is 11.7 Å². The lowest BCUT2D eigenvalue weighted by molar-refractivity contribution is -0.134. The molecule has 0 aromatic heterocycles. The summed E-state index contributed by atoms with van der Waals surface area (Å²) in [5.74, 6) is 0.963. The summed E-state index contributed by atoms with van der Waals surface area (Å²) in [6, 6.07) is 7.62. The Hall–Kier alpha value is -1.84. The number of nitrogens with zero attached hydrogens (tertiary/aromatic N) is 1. The van der Waals surface area contributed by atoms with Crippen molar-refractivity contribution < 1.29 is 14.3 Å². The Bertz CT molecular complexity index is 475. The molecule has 0 N–H and O–H groups in total. The van der Waals surface area contributed by atoms with Gasteiger partial charge in [0.15, 0.2) is 6.61 Å². The summed E-state index contributed by atoms with van der Waals surface area (Å²) < 4.78 is 5.54. The second kappa shape index (κ2) is 7.81. The monoisotopic (exact) mass is 289 g/mol. The zero-order valence-electron chi connectivity index (χ0n) is 12.6. The lowest BCUT2D eigenvalue weighted by atomic mass is 10.1. The van der Waals surface area contributed by atoms with Gasteiger partial charge in [0, 0.05) is 19.5 Å². The molecule has 4 heteroatoms. The molecule has 0 bridgehead atoms. The Kier molecular flexibility index (Phi) is 5.78. The van der Waals surface area contributed by atoms with Crippen LogP contribution in [0, 0.1) is 0 Å². The average Bonchev–Trinajstić information content (AvgIpc) is 2.52. The summed E-state index contributed by atoms with van der Waals surface area (Å²) in [6.07, 6.45) is 4.72. The van der Waals surface area contributed by atoms with Crippen LogP contribution in [0.25, 0.3) is 0 Å². The van der Waals surface area contributed by atoms with Crippen molar-refractivity contribution in [3.8, 4) is 5.75 Å². The van der Waals surface area contributed by atoms with Crippen molar-refractivity contribution in [2.24, 2.45) is 0 Å². The maximum Gasteiger partial charge on any atom is 0.260 e. The number of rotatable bonds is 6. The van der Waals surface area contributed by atoms with Crippen LogP contribution in [0.2, 0.25) is 0 Å². The third kappa shape index (κ3) is 5.21. The molecule has 1 aliphatic rings. The average molecular weight is 289 g/mol. The highest BCUT2D eigenvalue weighted by atomic mass is 16.5. The highest BCUT2D eigenvalue weighted by Gasteiger charge is 2.16. The van der Waals surface area contributed by atoms with Gasteiger partial charge < -0.3 is 14.4 Å². The van der Waals surface area contributed by atoms with Gasteiger partial charge in [0.1, 0.15) is 11.5 Å². The van der Waals surface area contributed by atoms with Crippen LogP contribution in [0.3, 0.4) is 0 Å². The standard InChI is InChI=1S/C17H23NO3/c1-14(19)5-6-15-7-9-16(10-8-15)21-13-17(20)18-11-3-2-4-12-18/h7-10H,2-6,11-13H2,1H3. The molecular formula is C17H23NO3. The number of hydrogen-bond acceptors (Lipinski definition) is 3. The van der Waals surface area contributed by atoms with Crippen molar-refractivity contribution in [1.29, 1.82) is 0 Å². The number of piperidine rings is 1. The van der Waals surface area contributed by atoms with Gasteiger partial charge in [-0.15, -0.1) is 0 Å². The number of benzene rings is 1. The first-order valence-electron chi connectivity index (χ1n) is 7.64. The van der Waals surface area contributed by atoms with E-state index in [4.69, 9.17) is 4.74 Å². The quantitative estimate of drug-likeness (QED) is 0.808. The van der Waals surface area contributed by atoms with Crippen LogP contribution < -0.4 is 4.74 Å². The Morgan fingerprint density at radius 1 is 1.10 bits per heavy atom. The van der Waals surface area contributed by atoms with Crippen molar-refractivity contribution in [3.05, 3.63) is 29.8 Å². The zero-order valence-corrected chi connectivity index (χ0v) is 12.6. The molecule has 1 aromatic carbocycles. The molecule has 2 rings (SSSR count). The number of ketones is 1. The molecule has 1 aliphatic heterocycles. The van der Waals surface area contributed by atoms with Crippen molar-refractivity contribution in [3.63, 3.8) is 0 Å². The minimum Gasteiger partial charge on any atom is -0.484 e. The molecule has 1 fully saturated rings. The molecular weight excluding hydrogens is 266 g/mol. The maximum absolute atomic E-state index is 12.0. The van der Waals surface area contributed by atoms with Gasteiger partial charge in [0.2, 0.25) is 0 Å². The molecule has 1 amide bonds. The van der Waals surface area contributed by atoms with Gasteiger partial charge in [-0.2, -0.15) is 0 Å². The number of Topliss-reactive ketones (excluding diaryl/α,β-unsaturated/α-hetero) is 1. The lowest BCUT2D eigenvalue weighted by Gasteiger charge is -2.26. The summed E-state index contributed by atoms with van der Waals surface area (Å²) in [4.78, 5) is 24.8. The second-order valence-electron chi connectivity index (χ2n) is 5.58. The molecule has 114 valence electrons. The first-order chi connectivity index (χ1) is 10.1. The number of aryl methyl sites for hydroxylation is 1. The van der Waals surface area contributed by atoms with Crippen LogP contribution in [0.4, 0.5) is 0 Å². The van der Waals surface area contributed by atoms with Gasteiger partial charge in [-0.05, 0) is 50.3 Å². The van der Waals surface area contributed by atoms with Crippen molar-refractivity contribution in [2.75, 3.05) is 19.7 Å². The van der Waals surface area contributed by atoms with E-state index in [0.29, 0.717) is 12.2 Å². The van der Waals surface area contributed by atoms with Crippen LogP contribution >= 0.6 is 0 Å². The van der Waals surface area contributed by atoms with Crippen LogP contribution in [-0.4, -0.2) is 36.3 Å². The van der Waals surface area contributed by atoms with E-state index in [1.165, 1.54) is 6.42 Å². The molecule has 1 aromatic rings. The third-order valence-electron chi connectivity index (χ3n) is 3.76. The molecule has 21 heavy (non-hydrogen) atoms. The fraction of sp³-hybridized carbons (Fsp3) is 0.529. The predicted molar refractivity (Wildman–Crippen MR) is 81.4 cm³/mol. The summed E-state index contributed by atoms with van der Waals surface area (Å²) in [7, 11) is 0. The minimum atomic E-state index is 0.0651. The van der Waals surface area contributed by atoms with E-state index in [1.807, 2.05) is 29.2 Å². The lowest BCUT2D eigenvalue weighted by Crippen LogP contribution is -2.38. The van der Waals surface area contributed by atoms with Gasteiger partial charge in [0.05, 0.1) is 0 Å². The van der Waals surface area contributed by atoms with E-state index in [1.54, 1.807) is 6.92 Å². The SMILES string of the molecule is CC(=O)CCc1ccc(OCC(=O)N2CCCCC2)cc1. The van der Waals surface area contributed by atoms with Gasteiger partial charge >= 0.3 is 0 Å². The molecule has 0 unspecified atom stereocenters. The summed E-state index contributed by atoms with van der Waals surface area (Å²) >= 11 is 0.